The number of carbonyl (C=O) groups is 1. The molecule has 0 amide bonds. The number of halogens is 3. The lowest BCUT2D eigenvalue weighted by molar-refractivity contribution is -0.142. The third kappa shape index (κ3) is 9.68. The van der Waals surface area contributed by atoms with Crippen molar-refractivity contribution in [2.24, 2.45) is 11.8 Å². The van der Waals surface area contributed by atoms with Crippen LogP contribution in [0.5, 0.6) is 0 Å². The van der Waals surface area contributed by atoms with Crippen molar-refractivity contribution in [2.75, 3.05) is 13.1 Å². The van der Waals surface area contributed by atoms with Crippen LogP contribution in [0.2, 0.25) is 0 Å². The lowest BCUT2D eigenvalue weighted by Crippen LogP contribution is -2.44. The predicted octanol–water partition coefficient (Wildman–Crippen LogP) is 0.720. The number of hydrogen-bond acceptors (Lipinski definition) is 3. The van der Waals surface area contributed by atoms with Crippen LogP contribution in [-0.4, -0.2) is 38.8 Å². The van der Waals surface area contributed by atoms with Gasteiger partial charge >= 0.3 is 12.1 Å². The van der Waals surface area contributed by atoms with Gasteiger partial charge < -0.3 is 5.11 Å². The van der Waals surface area contributed by atoms with Gasteiger partial charge in [-0.05, 0) is 12.3 Å². The second-order valence-electron chi connectivity index (χ2n) is 4.45. The summed E-state index contributed by atoms with van der Waals surface area (Å²) >= 11 is 0. The monoisotopic (exact) mass is 306 g/mol. The number of carboxylic acids is 1. The van der Waals surface area contributed by atoms with Crippen LogP contribution in [0, 0.1) is 11.8 Å². The summed E-state index contributed by atoms with van der Waals surface area (Å²) in [5.74, 6) is -2.16. The van der Waals surface area contributed by atoms with Gasteiger partial charge in [0.2, 0.25) is 0 Å². The summed E-state index contributed by atoms with van der Waals surface area (Å²) < 4.78 is 60.9. The van der Waals surface area contributed by atoms with E-state index in [2.05, 4.69) is 0 Å². The second-order valence-corrected chi connectivity index (χ2v) is 6.04. The molecule has 10 heteroatoms. The first-order chi connectivity index (χ1) is 8.43. The van der Waals surface area contributed by atoms with E-state index in [0.29, 0.717) is 0 Å². The molecule has 0 aromatic rings. The Balaban J connectivity index is 4.38. The topological polar surface area (TPSA) is 95.5 Å². The van der Waals surface area contributed by atoms with Gasteiger partial charge in [-0.15, -0.1) is 0 Å². The van der Waals surface area contributed by atoms with Crippen LogP contribution in [0.3, 0.4) is 0 Å². The van der Waals surface area contributed by atoms with Crippen molar-refractivity contribution in [3.05, 3.63) is 0 Å². The molecular formula is C9H17F3N2O4S. The van der Waals surface area contributed by atoms with Crippen molar-refractivity contribution in [3.63, 3.8) is 0 Å². The van der Waals surface area contributed by atoms with Gasteiger partial charge in [-0.2, -0.15) is 26.3 Å². The maximum Gasteiger partial charge on any atom is 0.402 e. The fourth-order valence-electron chi connectivity index (χ4n) is 1.28. The first kappa shape index (κ1) is 18.1. The Morgan fingerprint density at radius 1 is 1.26 bits per heavy atom. The number of carboxylic acid groups (broad SMARTS) is 1. The molecule has 0 aliphatic carbocycles. The fraction of sp³-hybridized carbons (Fsp3) is 0.889. The first-order valence-electron chi connectivity index (χ1n) is 5.47. The van der Waals surface area contributed by atoms with Crippen LogP contribution >= 0.6 is 0 Å². The maximum atomic E-state index is 11.8. The standard InChI is InChI=1S/C9H17F3N2O4S/c1-6(2)3-7(8(15)16)4-13-19(17,18)14-5-9(10,11)12/h6-7,13-14H,3-5H2,1-2H3,(H,15,16). The maximum absolute atomic E-state index is 11.8. The zero-order valence-corrected chi connectivity index (χ0v) is 11.3. The molecule has 0 heterocycles. The van der Waals surface area contributed by atoms with Gasteiger partial charge in [-0.25, -0.2) is 4.72 Å². The molecule has 1 atom stereocenters. The van der Waals surface area contributed by atoms with E-state index in [4.69, 9.17) is 5.11 Å². The zero-order valence-electron chi connectivity index (χ0n) is 10.5. The Morgan fingerprint density at radius 2 is 1.79 bits per heavy atom. The largest absolute Gasteiger partial charge is 0.481 e. The Bertz CT molecular complexity index is 395. The van der Waals surface area contributed by atoms with Gasteiger partial charge in [0.15, 0.2) is 0 Å². The molecule has 6 nitrogen and oxygen atoms in total. The summed E-state index contributed by atoms with van der Waals surface area (Å²) in [7, 11) is -4.36. The van der Waals surface area contributed by atoms with E-state index in [1.54, 1.807) is 18.6 Å². The highest BCUT2D eigenvalue weighted by molar-refractivity contribution is 7.87. The average Bonchev–Trinajstić information content (AvgIpc) is 2.20. The van der Waals surface area contributed by atoms with E-state index >= 15 is 0 Å². The van der Waals surface area contributed by atoms with E-state index in [0.717, 1.165) is 0 Å². The van der Waals surface area contributed by atoms with Gasteiger partial charge in [-0.3, -0.25) is 4.79 Å². The van der Waals surface area contributed by atoms with E-state index in [1.807, 2.05) is 0 Å². The summed E-state index contributed by atoms with van der Waals surface area (Å²) in [4.78, 5) is 10.8. The van der Waals surface area contributed by atoms with Gasteiger partial charge in [0.1, 0.15) is 6.54 Å². The molecule has 1 unspecified atom stereocenters. The zero-order chi connectivity index (χ0) is 15.3. The Hall–Kier alpha value is -0.870. The highest BCUT2D eigenvalue weighted by Crippen LogP contribution is 2.13. The average molecular weight is 306 g/mol. The third-order valence-corrected chi connectivity index (χ3v) is 3.16. The molecule has 0 rings (SSSR count). The van der Waals surface area contributed by atoms with E-state index in [9.17, 15) is 26.4 Å². The number of hydrogen-bond donors (Lipinski definition) is 3. The summed E-state index contributed by atoms with van der Waals surface area (Å²) in [6, 6.07) is 0. The minimum Gasteiger partial charge on any atom is -0.481 e. The van der Waals surface area contributed by atoms with Crippen molar-refractivity contribution in [3.8, 4) is 0 Å². The Labute approximate surface area is 109 Å². The molecule has 0 aliphatic rings. The van der Waals surface area contributed by atoms with Gasteiger partial charge in [-0.1, -0.05) is 13.8 Å². The molecule has 0 bridgehead atoms. The molecule has 3 N–H and O–H groups in total. The minimum absolute atomic E-state index is 0.0220. The summed E-state index contributed by atoms with van der Waals surface area (Å²) in [6.45, 7) is 1.35. The van der Waals surface area contributed by atoms with Crippen LogP contribution in [-0.2, 0) is 15.0 Å². The molecule has 0 saturated heterocycles. The number of alkyl halides is 3. The van der Waals surface area contributed by atoms with Gasteiger partial charge in [0.05, 0.1) is 5.92 Å². The van der Waals surface area contributed by atoms with Gasteiger partial charge in [0.25, 0.3) is 10.2 Å². The molecule has 0 radical (unpaired) electrons. The van der Waals surface area contributed by atoms with Crippen LogP contribution in [0.1, 0.15) is 20.3 Å². The van der Waals surface area contributed by atoms with Crippen LogP contribution in [0.4, 0.5) is 13.2 Å². The quantitative estimate of drug-likeness (QED) is 0.616. The molecule has 0 aromatic heterocycles. The lowest BCUT2D eigenvalue weighted by Gasteiger charge is -2.16. The van der Waals surface area contributed by atoms with Gasteiger partial charge in [0, 0.05) is 6.54 Å². The van der Waals surface area contributed by atoms with E-state index in [1.165, 1.54) is 4.72 Å². The van der Waals surface area contributed by atoms with Crippen molar-refractivity contribution in [2.45, 2.75) is 26.4 Å². The number of nitrogens with one attached hydrogen (secondary N) is 2. The molecule has 0 saturated carbocycles. The Morgan fingerprint density at radius 3 is 2.16 bits per heavy atom. The van der Waals surface area contributed by atoms with Crippen molar-refractivity contribution in [1.29, 1.82) is 0 Å². The van der Waals surface area contributed by atoms with Crippen LogP contribution < -0.4 is 9.44 Å². The predicted molar refractivity (Wildman–Crippen MR) is 61.6 cm³/mol. The number of aliphatic carboxylic acids is 1. The second kappa shape index (κ2) is 7.06. The normalized spacial score (nSPS) is 14.6. The first-order valence-corrected chi connectivity index (χ1v) is 6.95. The van der Waals surface area contributed by atoms with Crippen molar-refractivity contribution in [1.82, 2.24) is 9.44 Å². The highest BCUT2D eigenvalue weighted by Gasteiger charge is 2.30. The molecule has 114 valence electrons. The molecule has 19 heavy (non-hydrogen) atoms. The summed E-state index contributed by atoms with van der Waals surface area (Å²) in [6.07, 6.45) is -4.45. The summed E-state index contributed by atoms with van der Waals surface area (Å²) in [5.41, 5.74) is 0. The molecule has 0 spiro atoms. The van der Waals surface area contributed by atoms with Crippen LogP contribution in [0.15, 0.2) is 0 Å². The number of rotatable bonds is 8. The third-order valence-electron chi connectivity index (χ3n) is 2.09. The van der Waals surface area contributed by atoms with E-state index in [-0.39, 0.29) is 12.3 Å². The highest BCUT2D eigenvalue weighted by atomic mass is 32.2. The lowest BCUT2D eigenvalue weighted by atomic mass is 9.98. The van der Waals surface area contributed by atoms with Crippen molar-refractivity contribution >= 4 is 16.2 Å². The molecule has 0 aromatic carbocycles. The summed E-state index contributed by atoms with van der Waals surface area (Å²) in [5, 5.41) is 8.84. The molecule has 0 aliphatic heterocycles. The van der Waals surface area contributed by atoms with E-state index < -0.39 is 41.4 Å². The smallest absolute Gasteiger partial charge is 0.402 e. The SMILES string of the molecule is CC(C)CC(CNS(=O)(=O)NCC(F)(F)F)C(=O)O. The molecule has 0 fully saturated rings. The Kier molecular flexibility index (Phi) is 6.73. The minimum atomic E-state index is -4.67. The fourth-order valence-corrected chi connectivity index (χ4v) is 2.16. The van der Waals surface area contributed by atoms with Crippen LogP contribution in [0.25, 0.3) is 0 Å². The van der Waals surface area contributed by atoms with Crippen molar-refractivity contribution < 1.29 is 31.5 Å². The molecular weight excluding hydrogens is 289 g/mol.